The van der Waals surface area contributed by atoms with E-state index in [2.05, 4.69) is 16.7 Å². The van der Waals surface area contributed by atoms with Crippen molar-refractivity contribution in [1.82, 2.24) is 4.90 Å². The Bertz CT molecular complexity index is 162. The Morgan fingerprint density at radius 3 is 2.82 bits per heavy atom. The molecule has 62 valence electrons. The maximum absolute atomic E-state index is 8.72. The monoisotopic (exact) mass is 153 g/mol. The van der Waals surface area contributed by atoms with Gasteiger partial charge in [0, 0.05) is 38.6 Å². The van der Waals surface area contributed by atoms with Gasteiger partial charge in [0.15, 0.2) is 0 Å². The van der Waals surface area contributed by atoms with Crippen LogP contribution in [0.5, 0.6) is 0 Å². The largest absolute Gasteiger partial charge is 0.396 e. The van der Waals surface area contributed by atoms with Crippen molar-refractivity contribution in [3.8, 4) is 11.8 Å². The van der Waals surface area contributed by atoms with Crippen molar-refractivity contribution in [1.29, 1.82) is 0 Å². The molecule has 0 spiro atoms. The van der Waals surface area contributed by atoms with E-state index in [1.165, 1.54) is 0 Å². The van der Waals surface area contributed by atoms with Crippen LogP contribution in [0.3, 0.4) is 0 Å². The van der Waals surface area contributed by atoms with E-state index in [9.17, 15) is 0 Å². The van der Waals surface area contributed by atoms with Gasteiger partial charge >= 0.3 is 0 Å². The third-order valence-electron chi connectivity index (χ3n) is 2.02. The Hall–Kier alpha value is -0.520. The fourth-order valence-electron chi connectivity index (χ4n) is 1.31. The molecular weight excluding hydrogens is 138 g/mol. The molecule has 1 heterocycles. The van der Waals surface area contributed by atoms with Crippen LogP contribution in [-0.4, -0.2) is 36.2 Å². The van der Waals surface area contributed by atoms with Crippen LogP contribution in [0.2, 0.25) is 0 Å². The molecular formula is C9H15NO. The molecule has 2 heteroatoms. The third kappa shape index (κ3) is 2.53. The van der Waals surface area contributed by atoms with E-state index in [0.717, 1.165) is 26.1 Å². The molecule has 0 aromatic rings. The number of likely N-dealkylation sites (tertiary alicyclic amines) is 1. The Kier molecular flexibility index (Phi) is 3.41. The maximum Gasteiger partial charge on any atom is 0.0483 e. The lowest BCUT2D eigenvalue weighted by Crippen LogP contribution is -2.48. The molecule has 1 fully saturated rings. The predicted molar refractivity (Wildman–Crippen MR) is 45.1 cm³/mol. The molecule has 0 aromatic carbocycles. The first-order valence-corrected chi connectivity index (χ1v) is 4.09. The zero-order valence-electron chi connectivity index (χ0n) is 7.01. The molecule has 1 N–H and O–H groups in total. The van der Waals surface area contributed by atoms with Crippen LogP contribution >= 0.6 is 0 Å². The maximum atomic E-state index is 8.72. The average Bonchev–Trinajstić information content (AvgIpc) is 1.94. The molecule has 11 heavy (non-hydrogen) atoms. The van der Waals surface area contributed by atoms with Crippen molar-refractivity contribution in [2.45, 2.75) is 13.3 Å². The molecule has 1 aliphatic heterocycles. The highest BCUT2D eigenvalue weighted by Crippen LogP contribution is 2.13. The quantitative estimate of drug-likeness (QED) is 0.590. The van der Waals surface area contributed by atoms with Crippen LogP contribution in [0.25, 0.3) is 0 Å². The fraction of sp³-hybridized carbons (Fsp3) is 0.778. The average molecular weight is 153 g/mol. The molecule has 0 unspecified atom stereocenters. The molecule has 0 bridgehead atoms. The molecule has 0 atom stereocenters. The minimum absolute atomic E-state index is 0.343. The number of hydrogen-bond donors (Lipinski definition) is 1. The van der Waals surface area contributed by atoms with Gasteiger partial charge in [0.1, 0.15) is 0 Å². The van der Waals surface area contributed by atoms with Gasteiger partial charge in [0.25, 0.3) is 0 Å². The van der Waals surface area contributed by atoms with Gasteiger partial charge < -0.3 is 10.0 Å². The summed E-state index contributed by atoms with van der Waals surface area (Å²) in [7, 11) is 0. The van der Waals surface area contributed by atoms with E-state index in [4.69, 9.17) is 5.11 Å². The number of aliphatic hydroxyl groups is 1. The first kappa shape index (κ1) is 8.58. The van der Waals surface area contributed by atoms with Crippen molar-refractivity contribution in [2.24, 2.45) is 5.92 Å². The molecule has 0 aromatic heterocycles. The van der Waals surface area contributed by atoms with Crippen LogP contribution in [-0.2, 0) is 0 Å². The summed E-state index contributed by atoms with van der Waals surface area (Å²) in [4.78, 5) is 2.32. The third-order valence-corrected chi connectivity index (χ3v) is 2.02. The first-order valence-electron chi connectivity index (χ1n) is 4.09. The SMILES string of the molecule is CC#CCCN1CC(CO)C1. The molecule has 0 amide bonds. The van der Waals surface area contributed by atoms with E-state index in [1.54, 1.807) is 0 Å². The second kappa shape index (κ2) is 4.38. The van der Waals surface area contributed by atoms with E-state index in [0.29, 0.717) is 12.5 Å². The number of nitrogens with zero attached hydrogens (tertiary/aromatic N) is 1. The van der Waals surface area contributed by atoms with Gasteiger partial charge in [-0.2, -0.15) is 0 Å². The molecule has 0 radical (unpaired) electrons. The van der Waals surface area contributed by atoms with Crippen LogP contribution in [0.15, 0.2) is 0 Å². The predicted octanol–water partition coefficient (Wildman–Crippen LogP) is 0.324. The van der Waals surface area contributed by atoms with Gasteiger partial charge in [-0.15, -0.1) is 11.8 Å². The highest BCUT2D eigenvalue weighted by molar-refractivity contribution is 4.96. The molecule has 1 aliphatic rings. The van der Waals surface area contributed by atoms with Gasteiger partial charge in [-0.3, -0.25) is 0 Å². The van der Waals surface area contributed by atoms with Crippen molar-refractivity contribution < 1.29 is 5.11 Å². The van der Waals surface area contributed by atoms with Crippen molar-refractivity contribution in [3.05, 3.63) is 0 Å². The highest BCUT2D eigenvalue weighted by Gasteiger charge is 2.24. The minimum Gasteiger partial charge on any atom is -0.396 e. The first-order chi connectivity index (χ1) is 5.36. The Morgan fingerprint density at radius 1 is 1.55 bits per heavy atom. The molecule has 1 rings (SSSR count). The van der Waals surface area contributed by atoms with E-state index >= 15 is 0 Å². The Balaban J connectivity index is 1.98. The summed E-state index contributed by atoms with van der Waals surface area (Å²) in [5.41, 5.74) is 0. The van der Waals surface area contributed by atoms with Crippen LogP contribution in [0, 0.1) is 17.8 Å². The van der Waals surface area contributed by atoms with Gasteiger partial charge in [0.05, 0.1) is 0 Å². The molecule has 2 nitrogen and oxygen atoms in total. The van der Waals surface area contributed by atoms with E-state index < -0.39 is 0 Å². The van der Waals surface area contributed by atoms with Gasteiger partial charge in [-0.25, -0.2) is 0 Å². The van der Waals surface area contributed by atoms with Gasteiger partial charge in [-0.05, 0) is 6.92 Å². The topological polar surface area (TPSA) is 23.5 Å². The summed E-state index contributed by atoms with van der Waals surface area (Å²) in [6.07, 6.45) is 0.967. The van der Waals surface area contributed by atoms with Crippen LogP contribution in [0.4, 0.5) is 0 Å². The lowest BCUT2D eigenvalue weighted by atomic mass is 10.0. The lowest BCUT2D eigenvalue weighted by molar-refractivity contribution is 0.0560. The summed E-state index contributed by atoms with van der Waals surface area (Å²) >= 11 is 0. The molecule has 1 saturated heterocycles. The Labute approximate surface area is 68.2 Å². The van der Waals surface area contributed by atoms with E-state index in [-0.39, 0.29) is 0 Å². The fourth-order valence-corrected chi connectivity index (χ4v) is 1.31. The standard InChI is InChI=1S/C9H15NO/c1-2-3-4-5-10-6-9(7-10)8-11/h9,11H,4-8H2,1H3. The van der Waals surface area contributed by atoms with Gasteiger partial charge in [0.2, 0.25) is 0 Å². The minimum atomic E-state index is 0.343. The van der Waals surface area contributed by atoms with E-state index in [1.807, 2.05) is 6.92 Å². The van der Waals surface area contributed by atoms with Crippen LogP contribution < -0.4 is 0 Å². The van der Waals surface area contributed by atoms with Crippen molar-refractivity contribution in [2.75, 3.05) is 26.2 Å². The number of hydrogen-bond acceptors (Lipinski definition) is 2. The molecule has 0 aliphatic carbocycles. The van der Waals surface area contributed by atoms with Crippen molar-refractivity contribution in [3.63, 3.8) is 0 Å². The zero-order valence-corrected chi connectivity index (χ0v) is 7.01. The molecule has 0 saturated carbocycles. The second-order valence-electron chi connectivity index (χ2n) is 2.98. The Morgan fingerprint density at radius 2 is 2.27 bits per heavy atom. The van der Waals surface area contributed by atoms with Gasteiger partial charge in [-0.1, -0.05) is 0 Å². The summed E-state index contributed by atoms with van der Waals surface area (Å²) in [5.74, 6) is 6.43. The summed E-state index contributed by atoms with van der Waals surface area (Å²) < 4.78 is 0. The highest BCUT2D eigenvalue weighted by atomic mass is 16.3. The summed E-state index contributed by atoms with van der Waals surface area (Å²) in [5, 5.41) is 8.72. The summed E-state index contributed by atoms with van der Waals surface area (Å²) in [6, 6.07) is 0. The normalized spacial score (nSPS) is 18.7. The summed E-state index contributed by atoms with van der Waals surface area (Å²) in [6.45, 7) is 5.39. The lowest BCUT2D eigenvalue weighted by Gasteiger charge is -2.37. The van der Waals surface area contributed by atoms with Crippen molar-refractivity contribution >= 4 is 0 Å². The second-order valence-corrected chi connectivity index (χ2v) is 2.98. The zero-order chi connectivity index (χ0) is 8.10. The smallest absolute Gasteiger partial charge is 0.0483 e. The number of rotatable bonds is 3. The van der Waals surface area contributed by atoms with Crippen LogP contribution in [0.1, 0.15) is 13.3 Å². The number of aliphatic hydroxyl groups excluding tert-OH is 1.